The molecular formula is C6H17CaNO3. The topological polar surface area (TPSA) is 83.5 Å². The van der Waals surface area contributed by atoms with Crippen molar-refractivity contribution in [2.24, 2.45) is 5.73 Å². The zero-order chi connectivity index (χ0) is 8.57. The summed E-state index contributed by atoms with van der Waals surface area (Å²) in [5.41, 5.74) is 4.67. The number of hydrogen-bond donors (Lipinski definition) is 3. The normalized spacial score (nSPS) is 10.2. The first-order valence-corrected chi connectivity index (χ1v) is 3.16. The SMILES string of the molecule is CC(N)O.CCCC(=O)O.[CaH2]. The van der Waals surface area contributed by atoms with Crippen molar-refractivity contribution >= 4 is 43.7 Å². The van der Waals surface area contributed by atoms with E-state index in [2.05, 4.69) is 5.73 Å². The van der Waals surface area contributed by atoms with Gasteiger partial charge in [-0.05, 0) is 13.3 Å². The molecule has 0 aliphatic heterocycles. The van der Waals surface area contributed by atoms with E-state index in [4.69, 9.17) is 10.2 Å². The van der Waals surface area contributed by atoms with Crippen LogP contribution in [0.3, 0.4) is 0 Å². The number of carboxylic acid groups (broad SMARTS) is 1. The molecule has 0 saturated carbocycles. The molecule has 0 radical (unpaired) electrons. The molecule has 5 heteroatoms. The van der Waals surface area contributed by atoms with Gasteiger partial charge in [0.15, 0.2) is 0 Å². The van der Waals surface area contributed by atoms with Gasteiger partial charge >= 0.3 is 43.7 Å². The maximum absolute atomic E-state index is 9.60. The van der Waals surface area contributed by atoms with E-state index in [1.165, 1.54) is 6.92 Å². The molecule has 0 aromatic carbocycles. The van der Waals surface area contributed by atoms with Crippen molar-refractivity contribution < 1.29 is 15.0 Å². The standard InChI is InChI=1S/C4H8O2.C2H7NO.Ca.2H/c1-2-3-4(5)6;1-2(3)4;;;/h2-3H2,1H3,(H,5,6);2,4H,3H2,1H3;;;. The fourth-order valence-corrected chi connectivity index (χ4v) is 0.214. The Bertz CT molecular complexity index is 85.1. The summed E-state index contributed by atoms with van der Waals surface area (Å²) in [6.45, 7) is 3.34. The molecule has 0 amide bonds. The van der Waals surface area contributed by atoms with Gasteiger partial charge in [-0.25, -0.2) is 0 Å². The van der Waals surface area contributed by atoms with Gasteiger partial charge in [-0.3, -0.25) is 4.79 Å². The second-order valence-electron chi connectivity index (χ2n) is 1.88. The Morgan fingerprint density at radius 2 is 1.91 bits per heavy atom. The van der Waals surface area contributed by atoms with Crippen molar-refractivity contribution in [1.82, 2.24) is 0 Å². The van der Waals surface area contributed by atoms with Crippen LogP contribution >= 0.6 is 0 Å². The molecule has 0 rings (SSSR count). The van der Waals surface area contributed by atoms with Crippen LogP contribution < -0.4 is 5.73 Å². The van der Waals surface area contributed by atoms with Crippen LogP contribution in [0.15, 0.2) is 0 Å². The quantitative estimate of drug-likeness (QED) is 0.396. The number of aliphatic hydroxyl groups excluding tert-OH is 1. The molecule has 4 N–H and O–H groups in total. The molecule has 1 atom stereocenters. The van der Waals surface area contributed by atoms with Crippen molar-refractivity contribution in [2.75, 3.05) is 0 Å². The Kier molecular flexibility index (Phi) is 21.3. The molecule has 0 saturated heterocycles. The molecule has 0 aliphatic rings. The van der Waals surface area contributed by atoms with Crippen molar-refractivity contribution in [2.45, 2.75) is 32.9 Å². The predicted molar refractivity (Wildman–Crippen MR) is 47.0 cm³/mol. The minimum absolute atomic E-state index is 0. The predicted octanol–water partition coefficient (Wildman–Crippen LogP) is -0.762. The van der Waals surface area contributed by atoms with Gasteiger partial charge in [0.05, 0.1) is 6.23 Å². The van der Waals surface area contributed by atoms with Crippen molar-refractivity contribution in [3.63, 3.8) is 0 Å². The third-order valence-electron chi connectivity index (χ3n) is 0.464. The van der Waals surface area contributed by atoms with Crippen molar-refractivity contribution in [3.05, 3.63) is 0 Å². The zero-order valence-electron chi connectivity index (χ0n) is 6.37. The Hall–Kier alpha value is 0.650. The van der Waals surface area contributed by atoms with Crippen LogP contribution in [-0.4, -0.2) is 60.1 Å². The van der Waals surface area contributed by atoms with E-state index in [-0.39, 0.29) is 37.7 Å². The maximum atomic E-state index is 9.60. The Morgan fingerprint density at radius 1 is 1.64 bits per heavy atom. The average molecular weight is 191 g/mol. The van der Waals surface area contributed by atoms with Crippen LogP contribution in [0.2, 0.25) is 0 Å². The number of aliphatic hydroxyl groups is 1. The molecular weight excluding hydrogens is 174 g/mol. The first-order chi connectivity index (χ1) is 4.50. The second kappa shape index (κ2) is 13.3. The summed E-state index contributed by atoms with van der Waals surface area (Å²) in [5.74, 6) is -0.711. The Balaban J connectivity index is -0.000000114. The van der Waals surface area contributed by atoms with Gasteiger partial charge in [-0.2, -0.15) is 0 Å². The van der Waals surface area contributed by atoms with Gasteiger partial charge in [-0.1, -0.05) is 6.92 Å². The summed E-state index contributed by atoms with van der Waals surface area (Å²) in [6.07, 6.45) is 0.356. The zero-order valence-corrected chi connectivity index (χ0v) is 6.37. The fraction of sp³-hybridized carbons (Fsp3) is 0.833. The van der Waals surface area contributed by atoms with Crippen LogP contribution in [0, 0.1) is 0 Å². The molecule has 0 bridgehead atoms. The Labute approximate surface area is 96.8 Å². The van der Waals surface area contributed by atoms with Crippen LogP contribution in [0.5, 0.6) is 0 Å². The van der Waals surface area contributed by atoms with Gasteiger partial charge in [0.2, 0.25) is 0 Å². The van der Waals surface area contributed by atoms with Gasteiger partial charge in [0, 0.05) is 6.42 Å². The Morgan fingerprint density at radius 3 is 1.91 bits per heavy atom. The molecule has 66 valence electrons. The summed E-state index contributed by atoms with van der Waals surface area (Å²) in [5, 5.41) is 15.7. The summed E-state index contributed by atoms with van der Waals surface area (Å²) < 4.78 is 0. The van der Waals surface area contributed by atoms with Crippen LogP contribution in [0.25, 0.3) is 0 Å². The van der Waals surface area contributed by atoms with Gasteiger partial charge in [0.25, 0.3) is 0 Å². The molecule has 0 aromatic heterocycles. The van der Waals surface area contributed by atoms with Crippen molar-refractivity contribution in [1.29, 1.82) is 0 Å². The van der Waals surface area contributed by atoms with Crippen LogP contribution in [0.1, 0.15) is 26.7 Å². The van der Waals surface area contributed by atoms with E-state index in [0.29, 0.717) is 6.42 Å². The third-order valence-corrected chi connectivity index (χ3v) is 0.464. The number of nitrogens with two attached hydrogens (primary N) is 1. The van der Waals surface area contributed by atoms with Crippen molar-refractivity contribution in [3.8, 4) is 0 Å². The molecule has 1 unspecified atom stereocenters. The summed E-state index contributed by atoms with van der Waals surface area (Å²) in [6, 6.07) is 0. The van der Waals surface area contributed by atoms with Gasteiger partial charge in [0.1, 0.15) is 0 Å². The average Bonchev–Trinajstić information content (AvgIpc) is 1.62. The van der Waals surface area contributed by atoms with Gasteiger partial charge < -0.3 is 15.9 Å². The fourth-order valence-electron chi connectivity index (χ4n) is 0.214. The third kappa shape index (κ3) is 59.8. The second-order valence-corrected chi connectivity index (χ2v) is 1.88. The molecule has 0 fully saturated rings. The summed E-state index contributed by atoms with van der Waals surface area (Å²) >= 11 is 0. The monoisotopic (exact) mass is 191 g/mol. The summed E-state index contributed by atoms with van der Waals surface area (Å²) in [7, 11) is 0. The number of hydrogen-bond acceptors (Lipinski definition) is 3. The van der Waals surface area contributed by atoms with E-state index in [0.717, 1.165) is 6.42 Å². The number of rotatable bonds is 2. The number of carboxylic acids is 1. The van der Waals surface area contributed by atoms with E-state index in [1.54, 1.807) is 0 Å². The molecule has 0 aromatic rings. The number of aliphatic carboxylic acids is 1. The molecule has 0 heterocycles. The van der Waals surface area contributed by atoms with E-state index >= 15 is 0 Å². The van der Waals surface area contributed by atoms with E-state index < -0.39 is 12.2 Å². The van der Waals surface area contributed by atoms with Crippen LogP contribution in [-0.2, 0) is 4.79 Å². The first-order valence-electron chi connectivity index (χ1n) is 3.16. The van der Waals surface area contributed by atoms with Gasteiger partial charge in [-0.15, -0.1) is 0 Å². The molecule has 11 heavy (non-hydrogen) atoms. The van der Waals surface area contributed by atoms with E-state index in [9.17, 15) is 4.79 Å². The molecule has 0 aliphatic carbocycles. The van der Waals surface area contributed by atoms with Crippen LogP contribution in [0.4, 0.5) is 0 Å². The van der Waals surface area contributed by atoms with E-state index in [1.807, 2.05) is 6.92 Å². The molecule has 4 nitrogen and oxygen atoms in total. The summed E-state index contributed by atoms with van der Waals surface area (Å²) in [4.78, 5) is 9.60. The number of carbonyl (C=O) groups is 1. The molecule has 0 spiro atoms. The minimum atomic E-state index is -0.711. The first kappa shape index (κ1) is 17.7.